The second kappa shape index (κ2) is 7.06. The number of carbonyl (C=O) groups excluding carboxylic acids is 1. The summed E-state index contributed by atoms with van der Waals surface area (Å²) in [5, 5.41) is 2.95. The molecule has 1 rings (SSSR count). The number of hydrogen-bond donors (Lipinski definition) is 1. The van der Waals surface area contributed by atoms with Gasteiger partial charge < -0.3 is 10.1 Å². The normalized spacial score (nSPS) is 8.57. The first kappa shape index (κ1) is 12.6. The van der Waals surface area contributed by atoms with Crippen LogP contribution in [-0.4, -0.2) is 18.3 Å². The van der Waals surface area contributed by atoms with Crippen LogP contribution in [0.3, 0.4) is 0 Å². The van der Waals surface area contributed by atoms with Gasteiger partial charge in [-0.3, -0.25) is 0 Å². The van der Waals surface area contributed by atoms with Gasteiger partial charge in [0.15, 0.2) is 0 Å². The Hall–Kier alpha value is -1.38. The van der Waals surface area contributed by atoms with Gasteiger partial charge in [-0.25, -0.2) is 4.98 Å². The second-order valence-electron chi connectivity index (χ2n) is 2.58. The Morgan fingerprint density at radius 2 is 2.14 bits per heavy atom. The fourth-order valence-corrected chi connectivity index (χ4v) is 1.15. The molecule has 3 nitrogen and oxygen atoms in total. The average Bonchev–Trinajstić information content (AvgIpc) is 2.24. The Bertz CT molecular complexity index is 285. The molecule has 1 aromatic rings. The van der Waals surface area contributed by atoms with Gasteiger partial charge in [0.2, 0.25) is 0 Å². The Labute approximate surface area is 85.6 Å². The number of anilines is 1. The van der Waals surface area contributed by atoms with E-state index in [-0.39, 0.29) is 0 Å². The lowest BCUT2D eigenvalue weighted by Crippen LogP contribution is -2.01. The highest BCUT2D eigenvalue weighted by Gasteiger charge is 2.03. The number of pyridine rings is 1. The van der Waals surface area contributed by atoms with Crippen molar-refractivity contribution in [3.05, 3.63) is 23.4 Å². The van der Waals surface area contributed by atoms with Crippen molar-refractivity contribution in [3.8, 4) is 0 Å². The largest absolute Gasteiger partial charge is 0.373 e. The molecule has 0 atom stereocenters. The van der Waals surface area contributed by atoms with Crippen LogP contribution in [0.1, 0.15) is 25.0 Å². The fraction of sp³-hybridized carbons (Fsp3) is 0.455. The van der Waals surface area contributed by atoms with Crippen LogP contribution in [0.25, 0.3) is 0 Å². The van der Waals surface area contributed by atoms with Gasteiger partial charge >= 0.3 is 0 Å². The molecular weight excluding hydrogens is 176 g/mol. The number of hydrogen-bond acceptors (Lipinski definition) is 3. The Balaban J connectivity index is 0.000000791. The maximum absolute atomic E-state index is 10.3. The summed E-state index contributed by atoms with van der Waals surface area (Å²) in [5.74, 6) is 0.794. The molecule has 14 heavy (non-hydrogen) atoms. The number of aldehydes is 1. The van der Waals surface area contributed by atoms with Gasteiger partial charge in [0, 0.05) is 25.2 Å². The van der Waals surface area contributed by atoms with Crippen LogP contribution in [0, 0.1) is 6.92 Å². The van der Waals surface area contributed by atoms with Crippen molar-refractivity contribution >= 4 is 12.1 Å². The summed E-state index contributed by atoms with van der Waals surface area (Å²) in [6.07, 6.45) is 3.05. The lowest BCUT2D eigenvalue weighted by Gasteiger charge is -2.07. The summed E-state index contributed by atoms with van der Waals surface area (Å²) in [5.41, 5.74) is 2.08. The van der Waals surface area contributed by atoms with Crippen LogP contribution in [-0.2, 0) is 11.2 Å². The number of aryl methyl sites for hydroxylation is 1. The van der Waals surface area contributed by atoms with E-state index < -0.39 is 0 Å². The molecule has 0 fully saturated rings. The van der Waals surface area contributed by atoms with Crippen molar-refractivity contribution in [2.24, 2.45) is 0 Å². The number of rotatable bonds is 3. The highest BCUT2D eigenvalue weighted by Crippen LogP contribution is 2.15. The summed E-state index contributed by atoms with van der Waals surface area (Å²) in [7, 11) is 1.80. The predicted molar refractivity (Wildman–Crippen MR) is 59.6 cm³/mol. The van der Waals surface area contributed by atoms with Gasteiger partial charge in [0.1, 0.15) is 12.1 Å². The minimum absolute atomic E-state index is 0.426. The highest BCUT2D eigenvalue weighted by atomic mass is 16.1. The van der Waals surface area contributed by atoms with E-state index >= 15 is 0 Å². The number of carbonyl (C=O) groups is 1. The Morgan fingerprint density at radius 3 is 2.64 bits per heavy atom. The van der Waals surface area contributed by atoms with E-state index in [1.807, 2.05) is 26.8 Å². The van der Waals surface area contributed by atoms with Crippen LogP contribution in [0.5, 0.6) is 0 Å². The first-order chi connectivity index (χ1) is 6.79. The molecule has 1 aromatic heterocycles. The molecule has 0 aliphatic rings. The van der Waals surface area contributed by atoms with E-state index in [1.54, 1.807) is 13.2 Å². The predicted octanol–water partition coefficient (Wildman–Crippen LogP) is 2.20. The van der Waals surface area contributed by atoms with Gasteiger partial charge in [-0.15, -0.1) is 0 Å². The zero-order chi connectivity index (χ0) is 11.0. The highest BCUT2D eigenvalue weighted by molar-refractivity contribution is 5.62. The Kier molecular flexibility index (Phi) is 6.37. The molecule has 1 heterocycles. The third-order valence-corrected chi connectivity index (χ3v) is 1.81. The Morgan fingerprint density at radius 1 is 1.50 bits per heavy atom. The first-order valence-electron chi connectivity index (χ1n) is 4.85. The minimum Gasteiger partial charge on any atom is -0.373 e. The van der Waals surface area contributed by atoms with Crippen molar-refractivity contribution in [1.82, 2.24) is 4.98 Å². The zero-order valence-corrected chi connectivity index (χ0v) is 9.29. The molecule has 0 saturated heterocycles. The van der Waals surface area contributed by atoms with Gasteiger partial charge in [0.25, 0.3) is 0 Å². The summed E-state index contributed by atoms with van der Waals surface area (Å²) in [6, 6.07) is 1.90. The van der Waals surface area contributed by atoms with Crippen molar-refractivity contribution in [1.29, 1.82) is 0 Å². The van der Waals surface area contributed by atoms with Crippen LogP contribution < -0.4 is 5.32 Å². The van der Waals surface area contributed by atoms with Crippen molar-refractivity contribution in [2.45, 2.75) is 27.2 Å². The van der Waals surface area contributed by atoms with E-state index in [0.29, 0.717) is 6.42 Å². The topological polar surface area (TPSA) is 42.0 Å². The molecule has 0 saturated carbocycles. The maximum atomic E-state index is 10.3. The van der Waals surface area contributed by atoms with Gasteiger partial charge in [0.05, 0.1) is 0 Å². The van der Waals surface area contributed by atoms with E-state index in [1.165, 1.54) is 0 Å². The quantitative estimate of drug-likeness (QED) is 0.750. The van der Waals surface area contributed by atoms with Crippen molar-refractivity contribution < 1.29 is 4.79 Å². The summed E-state index contributed by atoms with van der Waals surface area (Å²) in [4.78, 5) is 14.4. The first-order valence-corrected chi connectivity index (χ1v) is 4.85. The SMILES string of the molecule is CC.CNc1nccc(C)c1CC=O. The minimum atomic E-state index is 0.426. The van der Waals surface area contributed by atoms with Crippen LogP contribution in [0.15, 0.2) is 12.3 Å². The molecule has 0 radical (unpaired) electrons. The number of nitrogens with one attached hydrogen (secondary N) is 1. The third kappa shape index (κ3) is 3.17. The molecule has 78 valence electrons. The average molecular weight is 194 g/mol. The van der Waals surface area contributed by atoms with Gasteiger partial charge in [-0.1, -0.05) is 13.8 Å². The molecule has 0 aliphatic carbocycles. The van der Waals surface area contributed by atoms with E-state index in [9.17, 15) is 4.79 Å². The lowest BCUT2D eigenvalue weighted by atomic mass is 10.1. The molecule has 1 N–H and O–H groups in total. The summed E-state index contributed by atoms with van der Waals surface area (Å²) < 4.78 is 0. The molecule has 0 unspecified atom stereocenters. The molecule has 3 heteroatoms. The summed E-state index contributed by atoms with van der Waals surface area (Å²) >= 11 is 0. The van der Waals surface area contributed by atoms with Crippen LogP contribution in [0.4, 0.5) is 5.82 Å². The van der Waals surface area contributed by atoms with E-state index in [4.69, 9.17) is 0 Å². The summed E-state index contributed by atoms with van der Waals surface area (Å²) in [6.45, 7) is 5.97. The molecular formula is C11H18N2O. The van der Waals surface area contributed by atoms with Crippen molar-refractivity contribution in [2.75, 3.05) is 12.4 Å². The molecule has 0 bridgehead atoms. The van der Waals surface area contributed by atoms with E-state index in [0.717, 1.165) is 23.2 Å². The van der Waals surface area contributed by atoms with Crippen LogP contribution >= 0.6 is 0 Å². The lowest BCUT2D eigenvalue weighted by molar-refractivity contribution is -0.107. The second-order valence-corrected chi connectivity index (χ2v) is 2.58. The van der Waals surface area contributed by atoms with E-state index in [2.05, 4.69) is 10.3 Å². The fourth-order valence-electron chi connectivity index (χ4n) is 1.15. The van der Waals surface area contributed by atoms with Crippen molar-refractivity contribution in [3.63, 3.8) is 0 Å². The smallest absolute Gasteiger partial charge is 0.129 e. The molecule has 0 amide bonds. The molecule has 0 aliphatic heterocycles. The third-order valence-electron chi connectivity index (χ3n) is 1.81. The van der Waals surface area contributed by atoms with Gasteiger partial charge in [-0.2, -0.15) is 0 Å². The van der Waals surface area contributed by atoms with Gasteiger partial charge in [-0.05, 0) is 18.6 Å². The number of nitrogens with zero attached hydrogens (tertiary/aromatic N) is 1. The van der Waals surface area contributed by atoms with Crippen LogP contribution in [0.2, 0.25) is 0 Å². The molecule has 0 aromatic carbocycles. The standard InChI is InChI=1S/C9H12N2O.C2H6/c1-7-3-5-11-9(10-2)8(7)4-6-12;1-2/h3,5-6H,4H2,1-2H3,(H,10,11);1-2H3. The number of aromatic nitrogens is 1. The molecule has 0 spiro atoms. The zero-order valence-electron chi connectivity index (χ0n) is 9.29. The monoisotopic (exact) mass is 194 g/mol. The maximum Gasteiger partial charge on any atom is 0.129 e.